The fraction of sp³-hybridized carbons (Fsp3) is 0.250. The Kier molecular flexibility index (Phi) is 3.43. The molecule has 6 heteroatoms. The van der Waals surface area contributed by atoms with Gasteiger partial charge >= 0.3 is 0 Å². The van der Waals surface area contributed by atoms with Crippen molar-refractivity contribution in [2.24, 2.45) is 0 Å². The van der Waals surface area contributed by atoms with Crippen LogP contribution in [0.1, 0.15) is 36.1 Å². The molecule has 0 bridgehead atoms. The minimum absolute atomic E-state index is 0.0526. The van der Waals surface area contributed by atoms with Crippen LogP contribution in [0.3, 0.4) is 0 Å². The Hall–Kier alpha value is -1.75. The van der Waals surface area contributed by atoms with Gasteiger partial charge in [0.25, 0.3) is 0 Å². The zero-order valence-electron chi connectivity index (χ0n) is 9.89. The first kappa shape index (κ1) is 12.7. The maximum atomic E-state index is 13.5. The topological polar surface area (TPSA) is 47.8 Å². The summed E-state index contributed by atoms with van der Waals surface area (Å²) < 4.78 is 15.0. The minimum Gasteiger partial charge on any atom is -0.285 e. The summed E-state index contributed by atoms with van der Waals surface area (Å²) in [6, 6.07) is 2.56. The fourth-order valence-electron chi connectivity index (χ4n) is 1.61. The number of halogens is 2. The summed E-state index contributed by atoms with van der Waals surface area (Å²) in [6.45, 7) is 3.71. The Balaban J connectivity index is 2.53. The SMILES string of the molecule is CC(C)n1ncc(Cl)c1C(=O)c1ncccc1F. The molecule has 0 unspecified atom stereocenters. The molecule has 0 radical (unpaired) electrons. The van der Waals surface area contributed by atoms with Crippen molar-refractivity contribution in [1.82, 2.24) is 14.8 Å². The van der Waals surface area contributed by atoms with Gasteiger partial charge in [-0.25, -0.2) is 9.37 Å². The van der Waals surface area contributed by atoms with Crippen molar-refractivity contribution in [3.63, 3.8) is 0 Å². The number of hydrogen-bond donors (Lipinski definition) is 0. The second kappa shape index (κ2) is 4.86. The first-order chi connectivity index (χ1) is 8.52. The van der Waals surface area contributed by atoms with Gasteiger partial charge in [0, 0.05) is 12.2 Å². The van der Waals surface area contributed by atoms with Gasteiger partial charge in [0.2, 0.25) is 5.78 Å². The molecule has 18 heavy (non-hydrogen) atoms. The van der Waals surface area contributed by atoms with Crippen molar-refractivity contribution < 1.29 is 9.18 Å². The third kappa shape index (κ3) is 2.13. The van der Waals surface area contributed by atoms with Crippen molar-refractivity contribution in [2.75, 3.05) is 0 Å². The smallest absolute Gasteiger partial charge is 0.233 e. The van der Waals surface area contributed by atoms with Gasteiger partial charge in [-0.05, 0) is 26.0 Å². The molecule has 0 N–H and O–H groups in total. The second-order valence-electron chi connectivity index (χ2n) is 4.04. The maximum absolute atomic E-state index is 13.5. The summed E-state index contributed by atoms with van der Waals surface area (Å²) in [5.74, 6) is -1.24. The molecule has 0 atom stereocenters. The van der Waals surface area contributed by atoms with E-state index in [1.165, 1.54) is 29.2 Å². The van der Waals surface area contributed by atoms with E-state index in [1.54, 1.807) is 0 Å². The minimum atomic E-state index is -0.671. The molecule has 0 saturated carbocycles. The van der Waals surface area contributed by atoms with Crippen LogP contribution in [0.5, 0.6) is 0 Å². The second-order valence-corrected chi connectivity index (χ2v) is 4.45. The van der Waals surface area contributed by atoms with E-state index < -0.39 is 11.6 Å². The van der Waals surface area contributed by atoms with Crippen LogP contribution in [0.25, 0.3) is 0 Å². The first-order valence-corrected chi connectivity index (χ1v) is 5.78. The van der Waals surface area contributed by atoms with Crippen LogP contribution in [-0.2, 0) is 0 Å². The Labute approximate surface area is 108 Å². The van der Waals surface area contributed by atoms with E-state index in [2.05, 4.69) is 10.1 Å². The largest absolute Gasteiger partial charge is 0.285 e. The number of carbonyl (C=O) groups excluding carboxylic acids is 1. The highest BCUT2D eigenvalue weighted by atomic mass is 35.5. The lowest BCUT2D eigenvalue weighted by atomic mass is 10.2. The number of carbonyl (C=O) groups is 1. The van der Waals surface area contributed by atoms with Crippen molar-refractivity contribution in [3.8, 4) is 0 Å². The number of hydrogen-bond acceptors (Lipinski definition) is 3. The standard InChI is InChI=1S/C12H11ClFN3O/c1-7(2)17-11(8(13)6-16-17)12(18)10-9(14)4-3-5-15-10/h3-7H,1-2H3. The predicted molar refractivity (Wildman–Crippen MR) is 65.2 cm³/mol. The quantitative estimate of drug-likeness (QED) is 0.804. The predicted octanol–water partition coefficient (Wildman–Crippen LogP) is 2.88. The van der Waals surface area contributed by atoms with Crippen molar-refractivity contribution >= 4 is 17.4 Å². The van der Waals surface area contributed by atoms with Crippen molar-refractivity contribution in [2.45, 2.75) is 19.9 Å². The van der Waals surface area contributed by atoms with Crippen molar-refractivity contribution in [3.05, 3.63) is 46.8 Å². The van der Waals surface area contributed by atoms with E-state index in [4.69, 9.17) is 11.6 Å². The number of ketones is 1. The van der Waals surface area contributed by atoms with E-state index >= 15 is 0 Å². The van der Waals surface area contributed by atoms with Gasteiger partial charge in [0.15, 0.2) is 5.82 Å². The zero-order chi connectivity index (χ0) is 13.3. The van der Waals surface area contributed by atoms with Crippen LogP contribution in [0.4, 0.5) is 4.39 Å². The van der Waals surface area contributed by atoms with Gasteiger partial charge in [-0.2, -0.15) is 5.10 Å². The molecule has 2 aromatic rings. The highest BCUT2D eigenvalue weighted by Crippen LogP contribution is 2.22. The van der Waals surface area contributed by atoms with Gasteiger partial charge in [-0.15, -0.1) is 0 Å². The molecule has 2 rings (SSSR count). The maximum Gasteiger partial charge on any atom is 0.233 e. The lowest BCUT2D eigenvalue weighted by Gasteiger charge is -2.10. The lowest BCUT2D eigenvalue weighted by Crippen LogP contribution is -2.16. The van der Waals surface area contributed by atoms with Crippen molar-refractivity contribution in [1.29, 1.82) is 0 Å². The number of aromatic nitrogens is 3. The van der Waals surface area contributed by atoms with Crippen LogP contribution in [0, 0.1) is 5.82 Å². The molecule has 2 heterocycles. The molecule has 0 aliphatic heterocycles. The molecule has 94 valence electrons. The molecule has 4 nitrogen and oxygen atoms in total. The molecule has 0 aromatic carbocycles. The van der Waals surface area contributed by atoms with Crippen LogP contribution >= 0.6 is 11.6 Å². The normalized spacial score (nSPS) is 10.9. The first-order valence-electron chi connectivity index (χ1n) is 5.40. The van der Waals surface area contributed by atoms with Gasteiger partial charge < -0.3 is 0 Å². The summed E-state index contributed by atoms with van der Waals surface area (Å²) >= 11 is 5.93. The monoisotopic (exact) mass is 267 g/mol. The van der Waals surface area contributed by atoms with E-state index in [1.807, 2.05) is 13.8 Å². The van der Waals surface area contributed by atoms with Gasteiger partial charge in [0.05, 0.1) is 11.2 Å². The number of rotatable bonds is 3. The summed E-state index contributed by atoms with van der Waals surface area (Å²) in [5.41, 5.74) is -0.0916. The summed E-state index contributed by atoms with van der Waals surface area (Å²) in [7, 11) is 0. The van der Waals surface area contributed by atoms with Crippen LogP contribution in [-0.4, -0.2) is 20.5 Å². The Bertz CT molecular complexity index is 595. The number of nitrogens with zero attached hydrogens (tertiary/aromatic N) is 3. The molecule has 0 aliphatic carbocycles. The van der Waals surface area contributed by atoms with Crippen LogP contribution in [0.2, 0.25) is 5.02 Å². The molecule has 2 aromatic heterocycles. The van der Waals surface area contributed by atoms with Gasteiger partial charge in [-0.1, -0.05) is 11.6 Å². The Morgan fingerprint density at radius 2 is 2.22 bits per heavy atom. The molecule has 0 saturated heterocycles. The highest BCUT2D eigenvalue weighted by Gasteiger charge is 2.23. The van der Waals surface area contributed by atoms with E-state index in [9.17, 15) is 9.18 Å². The van der Waals surface area contributed by atoms with Crippen LogP contribution < -0.4 is 0 Å². The van der Waals surface area contributed by atoms with Gasteiger partial charge in [-0.3, -0.25) is 9.48 Å². The van der Waals surface area contributed by atoms with Gasteiger partial charge in [0.1, 0.15) is 11.4 Å². The third-order valence-electron chi connectivity index (χ3n) is 2.43. The van der Waals surface area contributed by atoms with E-state index in [0.29, 0.717) is 0 Å². The summed E-state index contributed by atoms with van der Waals surface area (Å²) in [5, 5.41) is 4.20. The Morgan fingerprint density at radius 1 is 1.50 bits per heavy atom. The average molecular weight is 268 g/mol. The molecular weight excluding hydrogens is 257 g/mol. The Morgan fingerprint density at radius 3 is 2.83 bits per heavy atom. The lowest BCUT2D eigenvalue weighted by molar-refractivity contribution is 0.101. The molecule has 0 aliphatic rings. The highest BCUT2D eigenvalue weighted by molar-refractivity contribution is 6.34. The molecule has 0 fully saturated rings. The third-order valence-corrected chi connectivity index (χ3v) is 2.71. The number of pyridine rings is 1. The average Bonchev–Trinajstić information content (AvgIpc) is 2.71. The molecular formula is C12H11ClFN3O. The molecule has 0 amide bonds. The summed E-state index contributed by atoms with van der Waals surface area (Å²) in [4.78, 5) is 16.0. The van der Waals surface area contributed by atoms with Crippen LogP contribution in [0.15, 0.2) is 24.5 Å². The summed E-state index contributed by atoms with van der Waals surface area (Å²) in [6.07, 6.45) is 2.73. The fourth-order valence-corrected chi connectivity index (χ4v) is 1.83. The van der Waals surface area contributed by atoms with E-state index in [0.717, 1.165) is 0 Å². The molecule has 0 spiro atoms. The van der Waals surface area contributed by atoms with E-state index in [-0.39, 0.29) is 22.5 Å². The zero-order valence-corrected chi connectivity index (χ0v) is 10.6.